The highest BCUT2D eigenvalue weighted by Gasteiger charge is 2.35. The summed E-state index contributed by atoms with van der Waals surface area (Å²) < 4.78 is 39.7. The predicted octanol–water partition coefficient (Wildman–Crippen LogP) is 1.01. The third-order valence-electron chi connectivity index (χ3n) is 3.92. The number of aromatic nitrogens is 5. The lowest BCUT2D eigenvalue weighted by Gasteiger charge is -2.27. The van der Waals surface area contributed by atoms with E-state index >= 15 is 0 Å². The van der Waals surface area contributed by atoms with Crippen LogP contribution in [0.2, 0.25) is 0 Å². The Morgan fingerprint density at radius 1 is 1.48 bits per heavy atom. The third-order valence-corrected chi connectivity index (χ3v) is 3.92. The third kappa shape index (κ3) is 3.63. The molecule has 3 rings (SSSR count). The van der Waals surface area contributed by atoms with E-state index in [0.29, 0.717) is 37.7 Å². The summed E-state index contributed by atoms with van der Waals surface area (Å²) >= 11 is 0. The van der Waals surface area contributed by atoms with Crippen molar-refractivity contribution in [3.63, 3.8) is 0 Å². The van der Waals surface area contributed by atoms with E-state index in [9.17, 15) is 18.0 Å². The van der Waals surface area contributed by atoms with Crippen LogP contribution < -0.4 is 5.69 Å². The van der Waals surface area contributed by atoms with Gasteiger partial charge in [-0.15, -0.1) is 0 Å². The lowest BCUT2D eigenvalue weighted by Crippen LogP contribution is -2.31. The van der Waals surface area contributed by atoms with Crippen molar-refractivity contribution in [2.45, 2.75) is 32.1 Å². The smallest absolute Gasteiger partial charge is 0.334 e. The maximum absolute atomic E-state index is 12.7. The van der Waals surface area contributed by atoms with E-state index in [0.717, 1.165) is 12.6 Å². The minimum atomic E-state index is -4.40. The molecule has 0 aliphatic carbocycles. The number of aromatic amines is 2. The molecule has 1 aliphatic heterocycles. The van der Waals surface area contributed by atoms with Crippen LogP contribution >= 0.6 is 0 Å². The first-order chi connectivity index (χ1) is 10.8. The molecule has 1 aliphatic rings. The Hall–Kier alpha value is -2.10. The molecule has 0 bridgehead atoms. The maximum Gasteiger partial charge on any atom is 0.434 e. The highest BCUT2D eigenvalue weighted by Crippen LogP contribution is 2.30. The van der Waals surface area contributed by atoms with Crippen molar-refractivity contribution in [1.29, 1.82) is 0 Å². The van der Waals surface area contributed by atoms with Gasteiger partial charge in [0.05, 0.1) is 6.54 Å². The van der Waals surface area contributed by atoms with Crippen LogP contribution in [0.3, 0.4) is 0 Å². The average molecular weight is 330 g/mol. The molecule has 1 atom stereocenters. The summed E-state index contributed by atoms with van der Waals surface area (Å²) in [7, 11) is 1.89. The number of hydrogen-bond donors (Lipinski definition) is 2. The minimum absolute atomic E-state index is 0.230. The van der Waals surface area contributed by atoms with Gasteiger partial charge >= 0.3 is 11.9 Å². The first kappa shape index (κ1) is 15.8. The van der Waals surface area contributed by atoms with Crippen molar-refractivity contribution >= 4 is 0 Å². The monoisotopic (exact) mass is 330 g/mol. The summed E-state index contributed by atoms with van der Waals surface area (Å²) in [6.45, 7) is 1.69. The Labute approximate surface area is 129 Å². The molecule has 3 heterocycles. The number of rotatable bonds is 4. The van der Waals surface area contributed by atoms with Gasteiger partial charge in [-0.2, -0.15) is 18.3 Å². The maximum atomic E-state index is 12.7. The van der Waals surface area contributed by atoms with Crippen LogP contribution in [0, 0.1) is 5.92 Å². The zero-order chi connectivity index (χ0) is 16.6. The van der Waals surface area contributed by atoms with Crippen LogP contribution in [0.5, 0.6) is 0 Å². The molecule has 0 unspecified atom stereocenters. The lowest BCUT2D eigenvalue weighted by molar-refractivity contribution is -0.141. The lowest BCUT2D eigenvalue weighted by atomic mass is 9.99. The molecule has 2 aromatic rings. The highest BCUT2D eigenvalue weighted by molar-refractivity contribution is 5.09. The summed E-state index contributed by atoms with van der Waals surface area (Å²) in [4.78, 5) is 19.2. The molecule has 10 heteroatoms. The van der Waals surface area contributed by atoms with E-state index in [4.69, 9.17) is 0 Å². The fourth-order valence-electron chi connectivity index (χ4n) is 2.94. The second kappa shape index (κ2) is 5.84. The molecular weight excluding hydrogens is 313 g/mol. The van der Waals surface area contributed by atoms with Crippen LogP contribution in [-0.2, 0) is 25.7 Å². The molecule has 126 valence electrons. The molecule has 2 aromatic heterocycles. The summed E-state index contributed by atoms with van der Waals surface area (Å²) in [5.41, 5.74) is -1.18. The van der Waals surface area contributed by atoms with Gasteiger partial charge in [-0.3, -0.25) is 9.88 Å². The Kier molecular flexibility index (Phi) is 4.00. The number of fused-ring (bicyclic) bond motifs is 1. The molecule has 0 fully saturated rings. The van der Waals surface area contributed by atoms with Crippen molar-refractivity contribution in [3.05, 3.63) is 34.0 Å². The van der Waals surface area contributed by atoms with E-state index in [-0.39, 0.29) is 11.6 Å². The number of nitrogens with one attached hydrogen (secondary N) is 2. The van der Waals surface area contributed by atoms with Crippen molar-refractivity contribution < 1.29 is 13.2 Å². The van der Waals surface area contributed by atoms with Gasteiger partial charge in [-0.1, -0.05) is 0 Å². The van der Waals surface area contributed by atoms with E-state index in [2.05, 4.69) is 20.2 Å². The quantitative estimate of drug-likeness (QED) is 0.876. The second-order valence-electron chi connectivity index (χ2n) is 5.92. The van der Waals surface area contributed by atoms with Crippen LogP contribution in [-0.4, -0.2) is 43.2 Å². The fraction of sp³-hybridized carbons (Fsp3) is 0.615. The molecular formula is C13H17F3N6O. The minimum Gasteiger partial charge on any atom is -0.334 e. The zero-order valence-electron chi connectivity index (χ0n) is 12.5. The van der Waals surface area contributed by atoms with Gasteiger partial charge in [0.1, 0.15) is 11.6 Å². The van der Waals surface area contributed by atoms with Crippen molar-refractivity contribution in [1.82, 2.24) is 29.6 Å². The van der Waals surface area contributed by atoms with Crippen LogP contribution in [0.15, 0.2) is 11.0 Å². The molecule has 2 N–H and O–H groups in total. The highest BCUT2D eigenvalue weighted by atomic mass is 19.4. The Balaban J connectivity index is 1.60. The number of nitrogens with zero attached hydrogens (tertiary/aromatic N) is 4. The van der Waals surface area contributed by atoms with Gasteiger partial charge in [-0.25, -0.2) is 14.9 Å². The van der Waals surface area contributed by atoms with Crippen molar-refractivity contribution in [2.24, 2.45) is 5.92 Å². The largest absolute Gasteiger partial charge is 0.434 e. The van der Waals surface area contributed by atoms with Gasteiger partial charge in [-0.05, 0) is 19.4 Å². The number of H-pyrrole nitrogens is 2. The summed E-state index contributed by atoms with van der Waals surface area (Å²) in [5.74, 6) is 1.26. The summed E-state index contributed by atoms with van der Waals surface area (Å²) in [6.07, 6.45) is -1.99. The van der Waals surface area contributed by atoms with E-state index in [1.54, 1.807) is 4.57 Å². The summed E-state index contributed by atoms with van der Waals surface area (Å²) in [5, 5.41) is 6.14. The zero-order valence-corrected chi connectivity index (χ0v) is 12.5. The molecule has 23 heavy (non-hydrogen) atoms. The number of alkyl halides is 3. The predicted molar refractivity (Wildman–Crippen MR) is 74.6 cm³/mol. The van der Waals surface area contributed by atoms with Gasteiger partial charge in [0.25, 0.3) is 0 Å². The van der Waals surface area contributed by atoms with Crippen LogP contribution in [0.1, 0.15) is 23.8 Å². The first-order valence-corrected chi connectivity index (χ1v) is 7.26. The number of imidazole rings is 1. The van der Waals surface area contributed by atoms with Crippen molar-refractivity contribution in [3.8, 4) is 0 Å². The van der Waals surface area contributed by atoms with E-state index < -0.39 is 11.9 Å². The van der Waals surface area contributed by atoms with E-state index in [1.807, 2.05) is 11.9 Å². The first-order valence-electron chi connectivity index (χ1n) is 7.26. The van der Waals surface area contributed by atoms with Crippen molar-refractivity contribution in [2.75, 3.05) is 13.6 Å². The molecule has 0 saturated carbocycles. The normalized spacial score (nSPS) is 18.4. The SMILES string of the molecule is CN(Cc1n[nH]c(=O)[nH]1)C[C@H]1CCc2nc(C(F)(F)F)cn2C1. The molecule has 0 saturated heterocycles. The van der Waals surface area contributed by atoms with Crippen LogP contribution in [0.25, 0.3) is 0 Å². The molecule has 0 aromatic carbocycles. The molecule has 7 nitrogen and oxygen atoms in total. The van der Waals surface area contributed by atoms with Gasteiger partial charge < -0.3 is 4.57 Å². The Morgan fingerprint density at radius 3 is 2.91 bits per heavy atom. The fourth-order valence-corrected chi connectivity index (χ4v) is 2.94. The molecule has 0 amide bonds. The van der Waals surface area contributed by atoms with E-state index in [1.165, 1.54) is 0 Å². The Morgan fingerprint density at radius 2 is 2.26 bits per heavy atom. The average Bonchev–Trinajstić information content (AvgIpc) is 3.04. The topological polar surface area (TPSA) is 82.6 Å². The Bertz CT molecular complexity index is 731. The van der Waals surface area contributed by atoms with Gasteiger partial charge in [0, 0.05) is 25.7 Å². The number of aryl methyl sites for hydroxylation is 1. The van der Waals surface area contributed by atoms with Crippen LogP contribution in [0.4, 0.5) is 13.2 Å². The standard InChI is InChI=1S/C13H17F3N6O/c1-21(7-10-18-12(23)20-19-10)4-8-2-3-11-17-9(13(14,15)16)6-22(11)5-8/h6,8H,2-5,7H2,1H3,(H2,18,19,20,23)/t8-/m1/s1. The second-order valence-corrected chi connectivity index (χ2v) is 5.92. The molecule has 0 spiro atoms. The van der Waals surface area contributed by atoms with Gasteiger partial charge in [0.15, 0.2) is 5.69 Å². The molecule has 0 radical (unpaired) electrons. The number of hydrogen-bond acceptors (Lipinski definition) is 4. The number of halogens is 3. The summed E-state index contributed by atoms with van der Waals surface area (Å²) in [6, 6.07) is 0. The van der Waals surface area contributed by atoms with Gasteiger partial charge in [0.2, 0.25) is 0 Å².